The number of rotatable bonds is 2. The lowest BCUT2D eigenvalue weighted by Gasteiger charge is -2.03. The van der Waals surface area contributed by atoms with E-state index in [0.29, 0.717) is 5.92 Å². The molecule has 0 nitrogen and oxygen atoms in total. The minimum atomic E-state index is 0.604. The number of benzene rings is 2. The molecule has 0 bridgehead atoms. The summed E-state index contributed by atoms with van der Waals surface area (Å²) in [5, 5.41) is 4.92. The van der Waals surface area contributed by atoms with Gasteiger partial charge in [-0.3, -0.25) is 0 Å². The number of aryl methyl sites for hydroxylation is 1. The molecule has 0 saturated heterocycles. The van der Waals surface area contributed by atoms with Crippen molar-refractivity contribution in [3.8, 4) is 10.4 Å². The average Bonchev–Trinajstić information content (AvgIpc) is 2.98. The molecule has 0 aliphatic heterocycles. The highest BCUT2D eigenvalue weighted by molar-refractivity contribution is 7.13. The number of hydrogen-bond acceptors (Lipinski definition) is 1. The Bertz CT molecular complexity index is 720. The number of hydrogen-bond donors (Lipinski definition) is 0. The van der Waals surface area contributed by atoms with E-state index in [0.717, 1.165) is 0 Å². The second kappa shape index (κ2) is 6.91. The van der Waals surface area contributed by atoms with Gasteiger partial charge in [0.25, 0.3) is 0 Å². The fourth-order valence-corrected chi connectivity index (χ4v) is 3.39. The smallest absolute Gasteiger partial charge is 0.0345 e. The molecule has 1 aromatic heterocycles. The molecule has 0 atom stereocenters. The van der Waals surface area contributed by atoms with Crippen LogP contribution in [-0.2, 0) is 0 Å². The maximum atomic E-state index is 2.33. The second-order valence-corrected chi connectivity index (χ2v) is 6.38. The molecule has 21 heavy (non-hydrogen) atoms. The molecular formula is C20H24S. The molecule has 1 heterocycles. The van der Waals surface area contributed by atoms with Crippen LogP contribution in [0.2, 0.25) is 0 Å². The number of fused-ring (bicyclic) bond motifs is 1. The molecule has 0 radical (unpaired) electrons. The largest absolute Gasteiger partial charge is 0.144 e. The van der Waals surface area contributed by atoms with Crippen LogP contribution in [-0.4, -0.2) is 0 Å². The van der Waals surface area contributed by atoms with Crippen molar-refractivity contribution in [2.24, 2.45) is 0 Å². The second-order valence-electron chi connectivity index (χ2n) is 5.46. The Morgan fingerprint density at radius 2 is 1.57 bits per heavy atom. The van der Waals surface area contributed by atoms with Crippen molar-refractivity contribution in [3.63, 3.8) is 0 Å². The Morgan fingerprint density at radius 3 is 2.24 bits per heavy atom. The highest BCUT2D eigenvalue weighted by atomic mass is 32.1. The van der Waals surface area contributed by atoms with Crippen LogP contribution in [0.25, 0.3) is 21.2 Å². The normalized spacial score (nSPS) is 10.6. The maximum Gasteiger partial charge on any atom is 0.0345 e. The van der Waals surface area contributed by atoms with Gasteiger partial charge in [0.15, 0.2) is 0 Å². The third kappa shape index (κ3) is 3.54. The Kier molecular flexibility index (Phi) is 5.19. The monoisotopic (exact) mass is 296 g/mol. The molecule has 3 rings (SSSR count). The summed E-state index contributed by atoms with van der Waals surface area (Å²) in [5.74, 6) is 0.604. The average molecular weight is 296 g/mol. The van der Waals surface area contributed by atoms with Gasteiger partial charge in [0.2, 0.25) is 0 Å². The molecule has 0 fully saturated rings. The minimum Gasteiger partial charge on any atom is -0.144 e. The van der Waals surface area contributed by atoms with E-state index < -0.39 is 0 Å². The van der Waals surface area contributed by atoms with Crippen molar-refractivity contribution >= 4 is 22.1 Å². The van der Waals surface area contributed by atoms with E-state index in [4.69, 9.17) is 0 Å². The highest BCUT2D eigenvalue weighted by Gasteiger charge is 2.06. The van der Waals surface area contributed by atoms with Gasteiger partial charge in [-0.25, -0.2) is 0 Å². The zero-order valence-corrected chi connectivity index (χ0v) is 14.4. The first kappa shape index (κ1) is 15.8. The molecular weight excluding hydrogens is 272 g/mol. The van der Waals surface area contributed by atoms with Crippen molar-refractivity contribution in [1.29, 1.82) is 0 Å². The van der Waals surface area contributed by atoms with Crippen LogP contribution in [0, 0.1) is 6.92 Å². The topological polar surface area (TPSA) is 0 Å². The minimum absolute atomic E-state index is 0.604. The van der Waals surface area contributed by atoms with Crippen molar-refractivity contribution in [2.45, 2.75) is 40.5 Å². The summed E-state index contributed by atoms with van der Waals surface area (Å²) in [6.45, 7) is 10.6. The Labute approximate surface area is 132 Å². The van der Waals surface area contributed by atoms with Gasteiger partial charge in [0, 0.05) is 4.88 Å². The fraction of sp³-hybridized carbons (Fsp3) is 0.300. The third-order valence-electron chi connectivity index (χ3n) is 3.57. The van der Waals surface area contributed by atoms with Crippen LogP contribution in [0.3, 0.4) is 0 Å². The molecule has 2 aromatic carbocycles. The van der Waals surface area contributed by atoms with Gasteiger partial charge in [0.1, 0.15) is 0 Å². The van der Waals surface area contributed by atoms with Crippen molar-refractivity contribution in [2.75, 3.05) is 0 Å². The van der Waals surface area contributed by atoms with Gasteiger partial charge >= 0.3 is 0 Å². The molecule has 0 unspecified atom stereocenters. The van der Waals surface area contributed by atoms with Gasteiger partial charge in [-0.15, -0.1) is 11.3 Å². The molecule has 0 aliphatic rings. The Morgan fingerprint density at radius 1 is 0.857 bits per heavy atom. The van der Waals surface area contributed by atoms with E-state index in [1.165, 1.54) is 32.3 Å². The molecule has 0 aliphatic carbocycles. The van der Waals surface area contributed by atoms with E-state index >= 15 is 0 Å². The molecule has 0 N–H and O–H groups in total. The van der Waals surface area contributed by atoms with Gasteiger partial charge in [-0.1, -0.05) is 63.6 Å². The Hall–Kier alpha value is -1.60. The van der Waals surface area contributed by atoms with Gasteiger partial charge in [-0.2, -0.15) is 0 Å². The first-order chi connectivity index (χ1) is 10.1. The van der Waals surface area contributed by atoms with Crippen LogP contribution in [0.4, 0.5) is 0 Å². The van der Waals surface area contributed by atoms with Crippen molar-refractivity contribution < 1.29 is 0 Å². The highest BCUT2D eigenvalue weighted by Crippen LogP contribution is 2.32. The van der Waals surface area contributed by atoms with Crippen LogP contribution in [0.15, 0.2) is 47.8 Å². The van der Waals surface area contributed by atoms with E-state index in [-0.39, 0.29) is 0 Å². The first-order valence-corrected chi connectivity index (χ1v) is 8.60. The van der Waals surface area contributed by atoms with E-state index in [2.05, 4.69) is 68.6 Å². The first-order valence-electron chi connectivity index (χ1n) is 7.73. The molecule has 1 heteroatoms. The van der Waals surface area contributed by atoms with E-state index in [1.807, 2.05) is 25.2 Å². The summed E-state index contributed by atoms with van der Waals surface area (Å²) < 4.78 is 0. The quantitative estimate of drug-likeness (QED) is 0.476. The summed E-state index contributed by atoms with van der Waals surface area (Å²) in [6, 6.07) is 15.7. The summed E-state index contributed by atoms with van der Waals surface area (Å²) in [4.78, 5) is 1.37. The van der Waals surface area contributed by atoms with Gasteiger partial charge in [0.05, 0.1) is 0 Å². The molecule has 0 amide bonds. The standard InChI is InChI=1S/C18H18S.C2H6/c1-12(2)17-10-18(19-11-17)15-7-6-14-5-4-13(3)8-16(14)9-15;1-2/h4-12H,1-3H3;1-2H3. The molecule has 3 aromatic rings. The molecule has 110 valence electrons. The zero-order chi connectivity index (χ0) is 15.4. The lowest BCUT2D eigenvalue weighted by molar-refractivity contribution is 0.872. The fourth-order valence-electron chi connectivity index (χ4n) is 2.32. The van der Waals surface area contributed by atoms with Crippen LogP contribution in [0.1, 0.15) is 44.7 Å². The summed E-state index contributed by atoms with van der Waals surface area (Å²) in [6.07, 6.45) is 0. The lowest BCUT2D eigenvalue weighted by atomic mass is 10.0. The third-order valence-corrected chi connectivity index (χ3v) is 4.56. The summed E-state index contributed by atoms with van der Waals surface area (Å²) in [5.41, 5.74) is 4.08. The van der Waals surface area contributed by atoms with Gasteiger partial charge < -0.3 is 0 Å². The molecule has 0 spiro atoms. The maximum absolute atomic E-state index is 2.33. The Balaban J connectivity index is 0.000000774. The van der Waals surface area contributed by atoms with E-state index in [9.17, 15) is 0 Å². The van der Waals surface area contributed by atoms with Crippen LogP contribution >= 0.6 is 11.3 Å². The van der Waals surface area contributed by atoms with Crippen LogP contribution in [0.5, 0.6) is 0 Å². The van der Waals surface area contributed by atoms with Crippen molar-refractivity contribution in [1.82, 2.24) is 0 Å². The van der Waals surface area contributed by atoms with Gasteiger partial charge in [-0.05, 0) is 52.3 Å². The van der Waals surface area contributed by atoms with Crippen LogP contribution < -0.4 is 0 Å². The summed E-state index contributed by atoms with van der Waals surface area (Å²) >= 11 is 1.84. The molecule has 0 saturated carbocycles. The summed E-state index contributed by atoms with van der Waals surface area (Å²) in [7, 11) is 0. The predicted octanol–water partition coefficient (Wildman–Crippen LogP) is 7.03. The zero-order valence-electron chi connectivity index (χ0n) is 13.6. The number of thiophene rings is 1. The lowest BCUT2D eigenvalue weighted by Crippen LogP contribution is -1.81. The SMILES string of the molecule is CC.Cc1ccc2ccc(-c3cc(C(C)C)cs3)cc2c1. The van der Waals surface area contributed by atoms with E-state index in [1.54, 1.807) is 0 Å². The van der Waals surface area contributed by atoms with Crippen molar-refractivity contribution in [3.05, 3.63) is 59.0 Å². The predicted molar refractivity (Wildman–Crippen MR) is 97.4 cm³/mol.